The highest BCUT2D eigenvalue weighted by atomic mass is 35.5. The van der Waals surface area contributed by atoms with Crippen molar-refractivity contribution in [3.63, 3.8) is 0 Å². The third-order valence-electron chi connectivity index (χ3n) is 5.01. The normalized spacial score (nSPS) is 21.4. The molecule has 12 heteroatoms. The molecule has 0 spiro atoms. The van der Waals surface area contributed by atoms with Gasteiger partial charge >= 0.3 is 5.97 Å². The van der Waals surface area contributed by atoms with Crippen molar-refractivity contribution in [3.8, 4) is 5.75 Å². The van der Waals surface area contributed by atoms with Crippen LogP contribution in [0.4, 0.5) is 4.39 Å². The molecule has 32 heavy (non-hydrogen) atoms. The van der Waals surface area contributed by atoms with Crippen LogP contribution in [0.25, 0.3) is 0 Å². The number of aliphatic hydroxyl groups is 1. The van der Waals surface area contributed by atoms with Crippen LogP contribution in [0.1, 0.15) is 25.3 Å². The Hall–Kier alpha value is -2.28. The van der Waals surface area contributed by atoms with Gasteiger partial charge in [-0.3, -0.25) is 4.79 Å². The molecular formula is C20H24ClFN2O7S. The van der Waals surface area contributed by atoms with Gasteiger partial charge in [0.05, 0.1) is 15.5 Å². The van der Waals surface area contributed by atoms with E-state index in [0.717, 1.165) is 4.31 Å². The molecule has 1 fully saturated rings. The molecule has 1 heterocycles. The maximum Gasteiger partial charge on any atom is 0.325 e. The number of rotatable bonds is 6. The first-order chi connectivity index (χ1) is 15.0. The smallest absolute Gasteiger partial charge is 0.325 e. The van der Waals surface area contributed by atoms with Gasteiger partial charge in [0.15, 0.2) is 6.04 Å². The molecule has 0 aromatic heterocycles. The van der Waals surface area contributed by atoms with Crippen LogP contribution in [0.5, 0.6) is 5.75 Å². The first kappa shape index (κ1) is 26.0. The first-order valence-corrected chi connectivity index (χ1v) is 11.2. The zero-order valence-electron chi connectivity index (χ0n) is 17.1. The van der Waals surface area contributed by atoms with E-state index in [1.165, 1.54) is 49.4 Å². The zero-order valence-corrected chi connectivity index (χ0v) is 18.7. The molecule has 0 radical (unpaired) electrons. The third-order valence-corrected chi connectivity index (χ3v) is 7.24. The molecule has 0 unspecified atom stereocenters. The van der Waals surface area contributed by atoms with Gasteiger partial charge in [0.2, 0.25) is 10.0 Å². The lowest BCUT2D eigenvalue weighted by molar-refractivity contribution is -0.153. The number of carboxylic acids is 1. The van der Waals surface area contributed by atoms with Crippen molar-refractivity contribution in [2.45, 2.75) is 42.9 Å². The monoisotopic (exact) mass is 490 g/mol. The van der Waals surface area contributed by atoms with Gasteiger partial charge in [-0.2, -0.15) is 4.31 Å². The predicted octanol–water partition coefficient (Wildman–Crippen LogP) is 2.38. The number of sulfonamides is 1. The molecular weight excluding hydrogens is 467 g/mol. The summed E-state index contributed by atoms with van der Waals surface area (Å²) in [7, 11) is -4.15. The second-order valence-electron chi connectivity index (χ2n) is 7.31. The molecule has 2 aromatic rings. The molecule has 0 bridgehead atoms. The largest absolute Gasteiger partial charge is 0.489 e. The summed E-state index contributed by atoms with van der Waals surface area (Å²) >= 11 is 5.96. The lowest BCUT2D eigenvalue weighted by Crippen LogP contribution is -2.60. The highest BCUT2D eigenvalue weighted by molar-refractivity contribution is 7.89. The number of nitrogens with zero attached hydrogens (tertiary/aromatic N) is 1. The van der Waals surface area contributed by atoms with Gasteiger partial charge in [0.25, 0.3) is 0 Å². The van der Waals surface area contributed by atoms with Gasteiger partial charge in [-0.1, -0.05) is 17.7 Å². The number of halogens is 2. The Morgan fingerprint density at radius 3 is 2.47 bits per heavy atom. The minimum absolute atomic E-state index is 0.00321. The summed E-state index contributed by atoms with van der Waals surface area (Å²) in [4.78, 5) is 11.5. The Labute approximate surface area is 189 Å². The van der Waals surface area contributed by atoms with E-state index >= 15 is 0 Å². The fourth-order valence-electron chi connectivity index (χ4n) is 3.46. The summed E-state index contributed by atoms with van der Waals surface area (Å²) in [6, 6.07) is 7.82. The van der Waals surface area contributed by atoms with E-state index in [1.54, 1.807) is 0 Å². The number of ether oxygens (including phenoxy) is 1. The number of hydrogen-bond donors (Lipinski definition) is 4. The topological polar surface area (TPSA) is 150 Å². The average molecular weight is 491 g/mol. The second kappa shape index (κ2) is 10.6. The average Bonchev–Trinajstić information content (AvgIpc) is 2.73. The molecule has 0 amide bonds. The summed E-state index contributed by atoms with van der Waals surface area (Å²) in [5.74, 6) is 1.99. The highest BCUT2D eigenvalue weighted by Gasteiger charge is 2.49. The summed E-state index contributed by atoms with van der Waals surface area (Å²) in [5, 5.41) is 26.6. The van der Waals surface area contributed by atoms with Crippen molar-refractivity contribution < 1.29 is 37.8 Å². The fourth-order valence-corrected chi connectivity index (χ4v) is 5.40. The third kappa shape index (κ3) is 5.74. The van der Waals surface area contributed by atoms with Gasteiger partial charge < -0.3 is 20.2 Å². The van der Waals surface area contributed by atoms with Crippen molar-refractivity contribution in [2.24, 2.45) is 5.90 Å². The first-order valence-electron chi connectivity index (χ1n) is 9.42. The molecule has 3 rings (SSSR count). The van der Waals surface area contributed by atoms with Crippen molar-refractivity contribution in [2.75, 3.05) is 6.54 Å². The lowest BCUT2D eigenvalue weighted by atomic mass is 9.88. The van der Waals surface area contributed by atoms with E-state index in [9.17, 15) is 27.8 Å². The molecule has 9 nitrogen and oxygen atoms in total. The molecule has 5 N–H and O–H groups in total. The Kier molecular flexibility index (Phi) is 8.57. The molecule has 0 aliphatic carbocycles. The van der Waals surface area contributed by atoms with Crippen LogP contribution in [-0.2, 0) is 21.4 Å². The van der Waals surface area contributed by atoms with E-state index in [2.05, 4.69) is 5.90 Å². The number of aliphatic carboxylic acids is 1. The van der Waals surface area contributed by atoms with Crippen LogP contribution in [0, 0.1) is 5.82 Å². The van der Waals surface area contributed by atoms with E-state index in [4.69, 9.17) is 21.5 Å². The van der Waals surface area contributed by atoms with Gasteiger partial charge in [0, 0.05) is 12.1 Å². The lowest BCUT2D eigenvalue weighted by Gasteiger charge is -2.41. The maximum absolute atomic E-state index is 13.1. The van der Waals surface area contributed by atoms with Crippen LogP contribution in [0.2, 0.25) is 5.02 Å². The molecule has 2 aromatic carbocycles. The molecule has 176 valence electrons. The van der Waals surface area contributed by atoms with Crippen LogP contribution >= 0.6 is 11.6 Å². The van der Waals surface area contributed by atoms with E-state index in [0.29, 0.717) is 17.7 Å². The van der Waals surface area contributed by atoms with Crippen LogP contribution in [-0.4, -0.2) is 52.3 Å². The number of piperidine rings is 1. The molecule has 1 aliphatic rings. The van der Waals surface area contributed by atoms with Gasteiger partial charge in [-0.05, 0) is 56.2 Å². The van der Waals surface area contributed by atoms with Gasteiger partial charge in [-0.15, -0.1) is 0 Å². The van der Waals surface area contributed by atoms with Gasteiger partial charge in [-0.25, -0.2) is 18.7 Å². The summed E-state index contributed by atoms with van der Waals surface area (Å²) < 4.78 is 45.5. The van der Waals surface area contributed by atoms with Crippen LogP contribution in [0.3, 0.4) is 0 Å². The van der Waals surface area contributed by atoms with E-state index in [-0.39, 0.29) is 29.5 Å². The summed E-state index contributed by atoms with van der Waals surface area (Å²) in [6.45, 7) is 1.38. The molecule has 0 saturated carbocycles. The summed E-state index contributed by atoms with van der Waals surface area (Å²) in [6.07, 6.45) is 0.532. The Bertz CT molecular complexity index is 1050. The number of carboxylic acid groups (broad SMARTS) is 1. The number of nitrogens with two attached hydrogens (primary N) is 1. The zero-order chi connectivity index (χ0) is 24.1. The van der Waals surface area contributed by atoms with Gasteiger partial charge in [0.1, 0.15) is 18.2 Å². The standard InChI is InChI=1S/C20H21ClFNO6S.H3NO/c1-20(26)9-2-10-23(18(20)19(24)25)30(27,28)16-7-5-15(6-8-16)29-12-13-3-4-14(22)11-17(13)21;1-2/h3-8,11,18,26H,2,9-10,12H2,1H3,(H,24,25);2H,1H2/t18-,20+;/m0./s1. The van der Waals surface area contributed by atoms with E-state index in [1.807, 2.05) is 0 Å². The van der Waals surface area contributed by atoms with Crippen molar-refractivity contribution in [1.82, 2.24) is 4.31 Å². The minimum Gasteiger partial charge on any atom is -0.489 e. The quantitative estimate of drug-likeness (QED) is 0.450. The Morgan fingerprint density at radius 1 is 1.28 bits per heavy atom. The highest BCUT2D eigenvalue weighted by Crippen LogP contribution is 2.33. The number of carbonyl (C=O) groups is 1. The molecule has 1 saturated heterocycles. The number of benzene rings is 2. The Morgan fingerprint density at radius 2 is 1.91 bits per heavy atom. The second-order valence-corrected chi connectivity index (χ2v) is 9.61. The fraction of sp³-hybridized carbons (Fsp3) is 0.350. The minimum atomic E-state index is -4.15. The maximum atomic E-state index is 13.1. The molecule has 1 aliphatic heterocycles. The predicted molar refractivity (Wildman–Crippen MR) is 113 cm³/mol. The SMILES string of the molecule is C[C@@]1(O)CCCN(S(=O)(=O)c2ccc(OCc3ccc(F)cc3Cl)cc2)[C@H]1C(=O)O.NO. The van der Waals surface area contributed by atoms with E-state index < -0.39 is 33.5 Å². The van der Waals surface area contributed by atoms with Crippen molar-refractivity contribution in [1.29, 1.82) is 0 Å². The van der Waals surface area contributed by atoms with Crippen LogP contribution in [0.15, 0.2) is 47.4 Å². The Balaban J connectivity index is 0.00000176. The van der Waals surface area contributed by atoms with Crippen molar-refractivity contribution >= 4 is 27.6 Å². The van der Waals surface area contributed by atoms with Crippen LogP contribution < -0.4 is 10.6 Å². The summed E-state index contributed by atoms with van der Waals surface area (Å²) in [5.41, 5.74) is -1.11. The number of hydrogen-bond acceptors (Lipinski definition) is 7. The van der Waals surface area contributed by atoms with Crippen molar-refractivity contribution in [3.05, 3.63) is 58.9 Å². The molecule has 2 atom stereocenters.